The van der Waals surface area contributed by atoms with Crippen LogP contribution in [0.3, 0.4) is 0 Å². The Labute approximate surface area is 127 Å². The molecule has 0 bridgehead atoms. The van der Waals surface area contributed by atoms with Gasteiger partial charge in [0, 0.05) is 31.9 Å². The number of ether oxygens (including phenoxy) is 1. The first-order chi connectivity index (χ1) is 10.0. The zero-order valence-electron chi connectivity index (χ0n) is 13.2. The van der Waals surface area contributed by atoms with E-state index < -0.39 is 0 Å². The van der Waals surface area contributed by atoms with Gasteiger partial charge in [-0.2, -0.15) is 0 Å². The first-order valence-electron chi connectivity index (χ1n) is 7.54. The smallest absolute Gasteiger partial charge is 0.251 e. The summed E-state index contributed by atoms with van der Waals surface area (Å²) in [5.74, 6) is 0.466. The molecule has 1 aromatic rings. The van der Waals surface area contributed by atoms with Gasteiger partial charge in [-0.3, -0.25) is 4.79 Å². The van der Waals surface area contributed by atoms with E-state index in [0.717, 1.165) is 31.9 Å². The van der Waals surface area contributed by atoms with Crippen LogP contribution in [0.5, 0.6) is 0 Å². The zero-order valence-corrected chi connectivity index (χ0v) is 13.2. The standard InChI is InChI=1S/C16H27N3O2/c1-4-18-16(20)13-6-7-15(14(17)10-13)19-8-5-9-21-11-12(2)3/h6-7,10,12,19H,4-5,8-9,11,17H2,1-3H3,(H,18,20). The lowest BCUT2D eigenvalue weighted by Crippen LogP contribution is -2.22. The van der Waals surface area contributed by atoms with Crippen LogP contribution in [0.1, 0.15) is 37.6 Å². The second kappa shape index (κ2) is 9.23. The quantitative estimate of drug-likeness (QED) is 0.483. The first-order valence-corrected chi connectivity index (χ1v) is 7.54. The maximum Gasteiger partial charge on any atom is 0.251 e. The third-order valence-corrected chi connectivity index (χ3v) is 2.88. The molecule has 0 saturated heterocycles. The third-order valence-electron chi connectivity index (χ3n) is 2.88. The molecule has 5 nitrogen and oxygen atoms in total. The van der Waals surface area contributed by atoms with Crippen LogP contribution in [0, 0.1) is 5.92 Å². The zero-order chi connectivity index (χ0) is 15.7. The van der Waals surface area contributed by atoms with Crippen LogP contribution >= 0.6 is 0 Å². The molecule has 0 heterocycles. The second-order valence-electron chi connectivity index (χ2n) is 5.41. The molecular weight excluding hydrogens is 266 g/mol. The average molecular weight is 293 g/mol. The molecule has 4 N–H and O–H groups in total. The van der Waals surface area contributed by atoms with Gasteiger partial charge in [-0.1, -0.05) is 13.8 Å². The number of nitrogen functional groups attached to an aromatic ring is 1. The van der Waals surface area contributed by atoms with Gasteiger partial charge in [-0.15, -0.1) is 0 Å². The van der Waals surface area contributed by atoms with Crippen LogP contribution in [0.15, 0.2) is 18.2 Å². The molecule has 0 atom stereocenters. The number of nitrogens with two attached hydrogens (primary N) is 1. The molecule has 1 aromatic carbocycles. The van der Waals surface area contributed by atoms with Gasteiger partial charge in [0.05, 0.1) is 11.4 Å². The number of amides is 1. The van der Waals surface area contributed by atoms with Gasteiger partial charge >= 0.3 is 0 Å². The fourth-order valence-electron chi connectivity index (χ4n) is 1.84. The summed E-state index contributed by atoms with van der Waals surface area (Å²) in [6.07, 6.45) is 0.921. The Morgan fingerprint density at radius 3 is 2.76 bits per heavy atom. The number of hydrogen-bond donors (Lipinski definition) is 3. The highest BCUT2D eigenvalue weighted by atomic mass is 16.5. The minimum atomic E-state index is -0.0992. The third kappa shape index (κ3) is 6.49. The highest BCUT2D eigenvalue weighted by Gasteiger charge is 2.06. The molecule has 0 aliphatic heterocycles. The Morgan fingerprint density at radius 1 is 1.38 bits per heavy atom. The van der Waals surface area contributed by atoms with E-state index >= 15 is 0 Å². The summed E-state index contributed by atoms with van der Waals surface area (Å²) in [6.45, 7) is 9.09. The van der Waals surface area contributed by atoms with Gasteiger partial charge in [0.15, 0.2) is 0 Å². The second-order valence-corrected chi connectivity index (χ2v) is 5.41. The number of benzene rings is 1. The van der Waals surface area contributed by atoms with Gasteiger partial charge in [-0.25, -0.2) is 0 Å². The number of carbonyl (C=O) groups is 1. The molecule has 0 saturated carbocycles. The van der Waals surface area contributed by atoms with E-state index in [4.69, 9.17) is 10.5 Å². The lowest BCUT2D eigenvalue weighted by Gasteiger charge is -2.11. The molecule has 0 aliphatic carbocycles. The molecule has 5 heteroatoms. The summed E-state index contributed by atoms with van der Waals surface area (Å²) in [4.78, 5) is 11.7. The Kier molecular flexibility index (Phi) is 7.61. The minimum absolute atomic E-state index is 0.0992. The summed E-state index contributed by atoms with van der Waals surface area (Å²) in [7, 11) is 0. The first kappa shape index (κ1) is 17.3. The predicted octanol–water partition coefficient (Wildman–Crippen LogP) is 2.49. The van der Waals surface area contributed by atoms with Crippen molar-refractivity contribution in [2.75, 3.05) is 37.4 Å². The van der Waals surface area contributed by atoms with Gasteiger partial charge in [0.1, 0.15) is 0 Å². The van der Waals surface area contributed by atoms with Crippen molar-refractivity contribution < 1.29 is 9.53 Å². The van der Waals surface area contributed by atoms with E-state index in [2.05, 4.69) is 24.5 Å². The molecule has 0 radical (unpaired) electrons. The molecule has 21 heavy (non-hydrogen) atoms. The van der Waals surface area contributed by atoms with Crippen molar-refractivity contribution in [3.05, 3.63) is 23.8 Å². The molecule has 0 unspecified atom stereocenters. The van der Waals surface area contributed by atoms with E-state index in [9.17, 15) is 4.79 Å². The summed E-state index contributed by atoms with van der Waals surface area (Å²) >= 11 is 0. The monoisotopic (exact) mass is 293 g/mol. The van der Waals surface area contributed by atoms with Crippen LogP contribution in [0.4, 0.5) is 11.4 Å². The van der Waals surface area contributed by atoms with Crippen molar-refractivity contribution in [3.8, 4) is 0 Å². The van der Waals surface area contributed by atoms with Crippen molar-refractivity contribution in [3.63, 3.8) is 0 Å². The van der Waals surface area contributed by atoms with Crippen molar-refractivity contribution in [2.24, 2.45) is 5.92 Å². The predicted molar refractivity (Wildman–Crippen MR) is 87.6 cm³/mol. The fourth-order valence-corrected chi connectivity index (χ4v) is 1.84. The Hall–Kier alpha value is -1.75. The van der Waals surface area contributed by atoms with Crippen molar-refractivity contribution in [2.45, 2.75) is 27.2 Å². The lowest BCUT2D eigenvalue weighted by molar-refractivity contribution is 0.0956. The van der Waals surface area contributed by atoms with Crippen LogP contribution in [0.25, 0.3) is 0 Å². The fraction of sp³-hybridized carbons (Fsp3) is 0.562. The number of hydrogen-bond acceptors (Lipinski definition) is 4. The molecule has 0 aromatic heterocycles. The SMILES string of the molecule is CCNC(=O)c1ccc(NCCCOCC(C)C)c(N)c1. The summed E-state index contributed by atoms with van der Waals surface area (Å²) in [5.41, 5.74) is 7.98. The van der Waals surface area contributed by atoms with Crippen LogP contribution in [-0.4, -0.2) is 32.2 Å². The summed E-state index contributed by atoms with van der Waals surface area (Å²) in [5, 5.41) is 6.01. The Morgan fingerprint density at radius 2 is 2.14 bits per heavy atom. The topological polar surface area (TPSA) is 76.4 Å². The van der Waals surface area contributed by atoms with E-state index in [1.807, 2.05) is 13.0 Å². The minimum Gasteiger partial charge on any atom is -0.397 e. The highest BCUT2D eigenvalue weighted by molar-refractivity contribution is 5.96. The molecule has 0 spiro atoms. The highest BCUT2D eigenvalue weighted by Crippen LogP contribution is 2.19. The summed E-state index contributed by atoms with van der Waals surface area (Å²) in [6, 6.07) is 5.32. The molecule has 0 aliphatic rings. The number of anilines is 2. The molecule has 1 rings (SSSR count). The van der Waals surface area contributed by atoms with Crippen LogP contribution in [0.2, 0.25) is 0 Å². The van der Waals surface area contributed by atoms with Gasteiger partial charge < -0.3 is 21.1 Å². The van der Waals surface area contributed by atoms with Gasteiger partial charge in [-0.05, 0) is 37.5 Å². The average Bonchev–Trinajstić information content (AvgIpc) is 2.44. The molecule has 1 amide bonds. The van der Waals surface area contributed by atoms with Crippen LogP contribution < -0.4 is 16.4 Å². The van der Waals surface area contributed by atoms with E-state index in [-0.39, 0.29) is 5.91 Å². The Balaban J connectivity index is 2.37. The van der Waals surface area contributed by atoms with Crippen molar-refractivity contribution in [1.82, 2.24) is 5.32 Å². The summed E-state index contributed by atoms with van der Waals surface area (Å²) < 4.78 is 5.52. The van der Waals surface area contributed by atoms with E-state index in [1.165, 1.54) is 0 Å². The Bertz CT molecular complexity index is 447. The maximum atomic E-state index is 11.7. The molecule has 118 valence electrons. The largest absolute Gasteiger partial charge is 0.397 e. The number of nitrogens with one attached hydrogen (secondary N) is 2. The maximum absolute atomic E-state index is 11.7. The van der Waals surface area contributed by atoms with E-state index in [0.29, 0.717) is 23.7 Å². The van der Waals surface area contributed by atoms with Gasteiger partial charge in [0.25, 0.3) is 5.91 Å². The lowest BCUT2D eigenvalue weighted by atomic mass is 10.1. The number of rotatable bonds is 9. The van der Waals surface area contributed by atoms with Crippen molar-refractivity contribution in [1.29, 1.82) is 0 Å². The normalized spacial score (nSPS) is 10.7. The van der Waals surface area contributed by atoms with Crippen molar-refractivity contribution >= 4 is 17.3 Å². The van der Waals surface area contributed by atoms with Gasteiger partial charge in [0.2, 0.25) is 0 Å². The van der Waals surface area contributed by atoms with Crippen LogP contribution in [-0.2, 0) is 4.74 Å². The molecular formula is C16H27N3O2. The number of carbonyl (C=O) groups excluding carboxylic acids is 1. The van der Waals surface area contributed by atoms with E-state index in [1.54, 1.807) is 12.1 Å². The molecule has 0 fully saturated rings.